The highest BCUT2D eigenvalue weighted by Crippen LogP contribution is 2.36. The van der Waals surface area contributed by atoms with E-state index in [4.69, 9.17) is 5.26 Å². The molecule has 0 saturated carbocycles. The summed E-state index contributed by atoms with van der Waals surface area (Å²) in [5.41, 5.74) is -0.260. The lowest BCUT2D eigenvalue weighted by molar-refractivity contribution is -0.136. The van der Waals surface area contributed by atoms with Gasteiger partial charge in [0.1, 0.15) is 11.6 Å². The summed E-state index contributed by atoms with van der Waals surface area (Å²) < 4.78 is 38.4. The second kappa shape index (κ2) is 4.65. The van der Waals surface area contributed by atoms with Crippen molar-refractivity contribution < 1.29 is 13.2 Å². The number of alkyl halides is 3. The first kappa shape index (κ1) is 13.0. The molecule has 1 aromatic carbocycles. The van der Waals surface area contributed by atoms with Gasteiger partial charge in [-0.05, 0) is 19.1 Å². The predicted octanol–water partition coefficient (Wildman–Crippen LogP) is 3.35. The van der Waals surface area contributed by atoms with Crippen LogP contribution in [0.2, 0.25) is 0 Å². The maximum atomic E-state index is 12.8. The smallest absolute Gasteiger partial charge is 0.337 e. The molecular formula is C12H9F3N4. The molecule has 2 aromatic rings. The van der Waals surface area contributed by atoms with Gasteiger partial charge in [-0.25, -0.2) is 0 Å². The van der Waals surface area contributed by atoms with Crippen molar-refractivity contribution in [2.24, 2.45) is 0 Å². The van der Waals surface area contributed by atoms with Crippen LogP contribution in [0, 0.1) is 18.3 Å². The fraction of sp³-hybridized carbons (Fsp3) is 0.167. The van der Waals surface area contributed by atoms with E-state index in [0.29, 0.717) is 5.69 Å². The number of nitrogens with zero attached hydrogens (tertiary/aromatic N) is 2. The molecule has 2 rings (SSSR count). The Labute approximate surface area is 106 Å². The first-order valence-electron chi connectivity index (χ1n) is 5.32. The van der Waals surface area contributed by atoms with Crippen LogP contribution in [0.4, 0.5) is 24.7 Å². The van der Waals surface area contributed by atoms with Gasteiger partial charge in [-0.3, -0.25) is 5.10 Å². The molecule has 0 aliphatic heterocycles. The fourth-order valence-electron chi connectivity index (χ4n) is 1.62. The largest absolute Gasteiger partial charge is 0.418 e. The number of hydrogen-bond donors (Lipinski definition) is 2. The number of nitriles is 1. The zero-order valence-electron chi connectivity index (χ0n) is 9.84. The van der Waals surface area contributed by atoms with E-state index >= 15 is 0 Å². The van der Waals surface area contributed by atoms with Gasteiger partial charge in [0.25, 0.3) is 0 Å². The third kappa shape index (κ3) is 2.52. The summed E-state index contributed by atoms with van der Waals surface area (Å²) in [7, 11) is 0. The second-order valence-corrected chi connectivity index (χ2v) is 3.85. The number of rotatable bonds is 2. The minimum atomic E-state index is -4.47. The van der Waals surface area contributed by atoms with Crippen molar-refractivity contribution in [3.05, 3.63) is 41.1 Å². The van der Waals surface area contributed by atoms with Crippen LogP contribution in [-0.4, -0.2) is 10.2 Å². The molecule has 1 aromatic heterocycles. The Balaban J connectivity index is 2.42. The van der Waals surface area contributed by atoms with Gasteiger partial charge in [0.15, 0.2) is 5.82 Å². The molecule has 19 heavy (non-hydrogen) atoms. The summed E-state index contributed by atoms with van der Waals surface area (Å²) in [6.45, 7) is 1.62. The number of halogens is 3. The molecule has 0 saturated heterocycles. The molecule has 0 amide bonds. The third-order valence-corrected chi connectivity index (χ3v) is 2.54. The number of H-pyrrole nitrogens is 1. The number of anilines is 2. The Morgan fingerprint density at radius 3 is 2.63 bits per heavy atom. The second-order valence-electron chi connectivity index (χ2n) is 3.85. The molecule has 0 radical (unpaired) electrons. The van der Waals surface area contributed by atoms with E-state index in [1.54, 1.807) is 6.92 Å². The van der Waals surface area contributed by atoms with Gasteiger partial charge in [0, 0.05) is 0 Å². The van der Waals surface area contributed by atoms with Gasteiger partial charge in [0.05, 0.1) is 16.9 Å². The van der Waals surface area contributed by atoms with E-state index < -0.39 is 11.7 Å². The van der Waals surface area contributed by atoms with Gasteiger partial charge >= 0.3 is 6.18 Å². The summed E-state index contributed by atoms with van der Waals surface area (Å²) in [5.74, 6) is 0.0803. The van der Waals surface area contributed by atoms with E-state index in [-0.39, 0.29) is 17.1 Å². The summed E-state index contributed by atoms with van der Waals surface area (Å²) in [5, 5.41) is 17.8. The van der Waals surface area contributed by atoms with Crippen molar-refractivity contribution in [3.63, 3.8) is 0 Å². The summed E-state index contributed by atoms with van der Waals surface area (Å²) in [4.78, 5) is 0. The Hall–Kier alpha value is -2.49. The average Bonchev–Trinajstić information content (AvgIpc) is 2.69. The van der Waals surface area contributed by atoms with E-state index in [2.05, 4.69) is 15.5 Å². The SMILES string of the molecule is Cc1[nH]nc(Nc2ccccc2C(F)(F)F)c1C#N. The molecular weight excluding hydrogens is 257 g/mol. The number of para-hydroxylation sites is 1. The summed E-state index contributed by atoms with van der Waals surface area (Å²) in [6, 6.07) is 6.91. The highest BCUT2D eigenvalue weighted by Gasteiger charge is 2.33. The van der Waals surface area contributed by atoms with Crippen molar-refractivity contribution in [1.82, 2.24) is 10.2 Å². The lowest BCUT2D eigenvalue weighted by atomic mass is 10.1. The van der Waals surface area contributed by atoms with Gasteiger partial charge in [-0.15, -0.1) is 0 Å². The molecule has 0 fully saturated rings. The lowest BCUT2D eigenvalue weighted by Crippen LogP contribution is -2.09. The summed E-state index contributed by atoms with van der Waals surface area (Å²) >= 11 is 0. The Morgan fingerprint density at radius 1 is 1.32 bits per heavy atom. The van der Waals surface area contributed by atoms with Crippen molar-refractivity contribution in [3.8, 4) is 6.07 Å². The molecule has 1 heterocycles. The highest BCUT2D eigenvalue weighted by atomic mass is 19.4. The van der Waals surface area contributed by atoms with E-state index in [1.807, 2.05) is 6.07 Å². The topological polar surface area (TPSA) is 64.5 Å². The van der Waals surface area contributed by atoms with Crippen LogP contribution in [0.1, 0.15) is 16.8 Å². The number of hydrogen-bond acceptors (Lipinski definition) is 3. The van der Waals surface area contributed by atoms with E-state index in [1.165, 1.54) is 18.2 Å². The predicted molar refractivity (Wildman–Crippen MR) is 62.8 cm³/mol. The number of aryl methyl sites for hydroxylation is 1. The first-order chi connectivity index (χ1) is 8.93. The molecule has 0 atom stereocenters. The van der Waals surface area contributed by atoms with Crippen LogP contribution in [-0.2, 0) is 6.18 Å². The molecule has 0 bridgehead atoms. The number of aromatic nitrogens is 2. The molecule has 4 nitrogen and oxygen atoms in total. The van der Waals surface area contributed by atoms with Gasteiger partial charge < -0.3 is 5.32 Å². The normalized spacial score (nSPS) is 11.1. The fourth-order valence-corrected chi connectivity index (χ4v) is 1.62. The van der Waals surface area contributed by atoms with Gasteiger partial charge in [-0.2, -0.15) is 23.5 Å². The molecule has 0 unspecified atom stereocenters. The van der Waals surface area contributed by atoms with Crippen LogP contribution < -0.4 is 5.32 Å². The van der Waals surface area contributed by atoms with E-state index in [0.717, 1.165) is 6.07 Å². The lowest BCUT2D eigenvalue weighted by Gasteiger charge is -2.13. The van der Waals surface area contributed by atoms with Crippen molar-refractivity contribution in [2.75, 3.05) is 5.32 Å². The molecule has 7 heteroatoms. The van der Waals surface area contributed by atoms with Crippen LogP contribution in [0.5, 0.6) is 0 Å². The van der Waals surface area contributed by atoms with Crippen molar-refractivity contribution in [1.29, 1.82) is 5.26 Å². The minimum Gasteiger partial charge on any atom is -0.337 e. The van der Waals surface area contributed by atoms with Crippen LogP contribution in [0.25, 0.3) is 0 Å². The van der Waals surface area contributed by atoms with E-state index in [9.17, 15) is 13.2 Å². The standard InChI is InChI=1S/C12H9F3N4/c1-7-8(6-16)11(19-18-7)17-10-5-3-2-4-9(10)12(13,14)15/h2-5H,1H3,(H2,17,18,19). The average molecular weight is 266 g/mol. The van der Waals surface area contributed by atoms with Crippen LogP contribution >= 0.6 is 0 Å². The monoisotopic (exact) mass is 266 g/mol. The molecule has 0 aliphatic rings. The quantitative estimate of drug-likeness (QED) is 0.876. The first-order valence-corrected chi connectivity index (χ1v) is 5.32. The zero-order chi connectivity index (χ0) is 14.0. The molecule has 0 spiro atoms. The third-order valence-electron chi connectivity index (χ3n) is 2.54. The number of nitrogens with one attached hydrogen (secondary N) is 2. The zero-order valence-corrected chi connectivity index (χ0v) is 9.84. The van der Waals surface area contributed by atoms with Gasteiger partial charge in [-0.1, -0.05) is 12.1 Å². The summed E-state index contributed by atoms with van der Waals surface area (Å²) in [6.07, 6.45) is -4.47. The number of benzene rings is 1. The van der Waals surface area contributed by atoms with Crippen molar-refractivity contribution in [2.45, 2.75) is 13.1 Å². The van der Waals surface area contributed by atoms with Gasteiger partial charge in [0.2, 0.25) is 0 Å². The molecule has 98 valence electrons. The van der Waals surface area contributed by atoms with Crippen molar-refractivity contribution >= 4 is 11.5 Å². The molecule has 0 aliphatic carbocycles. The minimum absolute atomic E-state index is 0.0803. The highest BCUT2D eigenvalue weighted by molar-refractivity contribution is 5.66. The maximum absolute atomic E-state index is 12.8. The Kier molecular flexibility index (Phi) is 3.17. The Bertz CT molecular complexity index is 637. The maximum Gasteiger partial charge on any atom is 0.418 e. The molecule has 2 N–H and O–H groups in total. The Morgan fingerprint density at radius 2 is 2.00 bits per heavy atom. The number of aromatic amines is 1. The van der Waals surface area contributed by atoms with Crippen LogP contribution in [0.15, 0.2) is 24.3 Å². The van der Waals surface area contributed by atoms with Crippen LogP contribution in [0.3, 0.4) is 0 Å².